The van der Waals surface area contributed by atoms with E-state index in [2.05, 4.69) is 34.6 Å². The van der Waals surface area contributed by atoms with Crippen molar-refractivity contribution in [3.63, 3.8) is 0 Å². The van der Waals surface area contributed by atoms with Gasteiger partial charge in [-0.2, -0.15) is 0 Å². The minimum atomic E-state index is -4.96. The molecule has 19 heteroatoms. The molecule has 0 aliphatic rings. The van der Waals surface area contributed by atoms with Crippen LogP contribution in [0.4, 0.5) is 0 Å². The Morgan fingerprint density at radius 1 is 0.260 bits per heavy atom. The van der Waals surface area contributed by atoms with Crippen LogP contribution in [0.2, 0.25) is 0 Å². The maximum Gasteiger partial charge on any atom is 0.472 e. The number of phosphoric acid groups is 2. The van der Waals surface area contributed by atoms with Crippen LogP contribution in [0.3, 0.4) is 0 Å². The van der Waals surface area contributed by atoms with Crippen molar-refractivity contribution in [2.45, 2.75) is 477 Å². The number of unbranched alkanes of at least 4 members (excludes halogenated alkanes) is 57. The summed E-state index contributed by atoms with van der Waals surface area (Å²) in [7, 11) is -9.92. The van der Waals surface area contributed by atoms with E-state index in [1.54, 1.807) is 0 Å². The molecule has 0 rings (SSSR count). The van der Waals surface area contributed by atoms with Gasteiger partial charge in [-0.1, -0.05) is 407 Å². The SMILES string of the molecule is CCCCCCCCCCCCCCCCCCCCCCCC(=O)O[C@H](COC(=O)CCCCCCCCCCCCCCCCCC(C)C)COP(=O)(O)OC[C@@H](O)COP(=O)(O)OC[C@@H](COC(=O)CCCCCCCCCC)OC(=O)CCCCCCCCCCCCCCCCCCC. The molecule has 0 saturated heterocycles. The molecule has 0 fully saturated rings. The normalized spacial score (nSPS) is 13.8. The van der Waals surface area contributed by atoms with Crippen molar-refractivity contribution < 1.29 is 80.2 Å². The number of phosphoric ester groups is 2. The van der Waals surface area contributed by atoms with Gasteiger partial charge in [-0.05, 0) is 31.6 Å². The molecule has 0 amide bonds. The Labute approximate surface area is 638 Å². The van der Waals surface area contributed by atoms with Crippen molar-refractivity contribution in [2.24, 2.45) is 5.92 Å². The monoisotopic (exact) mass is 1520 g/mol. The zero-order valence-corrected chi connectivity index (χ0v) is 70.0. The number of rotatable bonds is 85. The Bertz CT molecular complexity index is 1980. The van der Waals surface area contributed by atoms with E-state index >= 15 is 0 Å². The first-order valence-corrected chi connectivity index (χ1v) is 47.1. The van der Waals surface area contributed by atoms with Crippen molar-refractivity contribution in [2.75, 3.05) is 39.6 Å². The fourth-order valence-electron chi connectivity index (χ4n) is 13.3. The molecule has 104 heavy (non-hydrogen) atoms. The van der Waals surface area contributed by atoms with Gasteiger partial charge in [0.1, 0.15) is 19.3 Å². The fourth-order valence-corrected chi connectivity index (χ4v) is 14.9. The van der Waals surface area contributed by atoms with Gasteiger partial charge >= 0.3 is 39.5 Å². The summed E-state index contributed by atoms with van der Waals surface area (Å²) in [5, 5.41) is 10.7. The number of esters is 4. The highest BCUT2D eigenvalue weighted by Gasteiger charge is 2.30. The highest BCUT2D eigenvalue weighted by Crippen LogP contribution is 2.45. The standard InChI is InChI=1S/C85H166O17P2/c1-6-9-12-15-18-21-23-25-27-29-30-31-32-34-38-43-47-51-56-61-66-71-85(90)102-81(75-96-83(88)69-64-59-54-49-45-41-39-35-36-40-44-48-52-57-62-67-78(4)5)77-100-104(93,94)98-73-79(86)72-97-103(91,92)99-76-80(74-95-82(87)68-63-58-53-20-17-14-11-8-3)101-84(89)70-65-60-55-50-46-42-37-33-28-26-24-22-19-16-13-10-7-2/h78-81,86H,6-77H2,1-5H3,(H,91,92)(H,93,94)/t79-,80+,81+/m0/s1. The second-order valence-electron chi connectivity index (χ2n) is 31.1. The van der Waals surface area contributed by atoms with Crippen molar-refractivity contribution in [1.29, 1.82) is 0 Å². The van der Waals surface area contributed by atoms with E-state index in [4.69, 9.17) is 37.0 Å². The summed E-state index contributed by atoms with van der Waals surface area (Å²) >= 11 is 0. The summed E-state index contributed by atoms with van der Waals surface area (Å²) in [6.45, 7) is 7.36. The van der Waals surface area contributed by atoms with Crippen LogP contribution in [0.15, 0.2) is 0 Å². The van der Waals surface area contributed by atoms with Gasteiger partial charge in [-0.15, -0.1) is 0 Å². The molecule has 0 spiro atoms. The molecule has 618 valence electrons. The first-order chi connectivity index (χ1) is 50.5. The third-order valence-corrected chi connectivity index (χ3v) is 21.9. The molecule has 17 nitrogen and oxygen atoms in total. The van der Waals surface area contributed by atoms with Crippen molar-refractivity contribution in [3.8, 4) is 0 Å². The lowest BCUT2D eigenvalue weighted by Crippen LogP contribution is -2.30. The van der Waals surface area contributed by atoms with Gasteiger partial charge in [0.15, 0.2) is 12.2 Å². The highest BCUT2D eigenvalue weighted by atomic mass is 31.2. The number of ether oxygens (including phenoxy) is 4. The lowest BCUT2D eigenvalue weighted by atomic mass is 10.0. The maximum absolute atomic E-state index is 13.1. The molecule has 0 aromatic rings. The second-order valence-corrected chi connectivity index (χ2v) is 34.0. The first-order valence-electron chi connectivity index (χ1n) is 44.1. The average Bonchev–Trinajstić information content (AvgIpc) is 0.957. The molecule has 0 aromatic carbocycles. The lowest BCUT2D eigenvalue weighted by molar-refractivity contribution is -0.161. The minimum Gasteiger partial charge on any atom is -0.462 e. The van der Waals surface area contributed by atoms with Gasteiger partial charge in [0, 0.05) is 25.7 Å². The van der Waals surface area contributed by atoms with Gasteiger partial charge in [0.2, 0.25) is 0 Å². The van der Waals surface area contributed by atoms with Crippen molar-refractivity contribution >= 4 is 39.5 Å². The van der Waals surface area contributed by atoms with Gasteiger partial charge in [0.05, 0.1) is 26.4 Å². The highest BCUT2D eigenvalue weighted by molar-refractivity contribution is 7.47. The summed E-state index contributed by atoms with van der Waals surface area (Å²) < 4.78 is 68.8. The van der Waals surface area contributed by atoms with E-state index in [0.29, 0.717) is 25.7 Å². The number of aliphatic hydroxyl groups excluding tert-OH is 1. The fraction of sp³-hybridized carbons (Fsp3) is 0.953. The van der Waals surface area contributed by atoms with E-state index in [9.17, 15) is 43.2 Å². The Morgan fingerprint density at radius 3 is 0.654 bits per heavy atom. The quantitative estimate of drug-likeness (QED) is 0.0222. The predicted molar refractivity (Wildman–Crippen MR) is 428 cm³/mol. The molecule has 0 heterocycles. The molecule has 0 bridgehead atoms. The number of carbonyl (C=O) groups excluding carboxylic acids is 4. The van der Waals surface area contributed by atoms with Gasteiger partial charge in [0.25, 0.3) is 0 Å². The van der Waals surface area contributed by atoms with Crippen LogP contribution < -0.4 is 0 Å². The summed E-state index contributed by atoms with van der Waals surface area (Å²) in [4.78, 5) is 73.1. The number of aliphatic hydroxyl groups is 1. The lowest BCUT2D eigenvalue weighted by Gasteiger charge is -2.21. The summed E-state index contributed by atoms with van der Waals surface area (Å²) in [5.74, 6) is -1.30. The molecular weight excluding hydrogens is 1350 g/mol. The van der Waals surface area contributed by atoms with E-state index in [0.717, 1.165) is 95.8 Å². The summed E-state index contributed by atoms with van der Waals surface area (Å²) in [6.07, 6.45) is 70.9. The van der Waals surface area contributed by atoms with E-state index < -0.39 is 97.5 Å². The topological polar surface area (TPSA) is 237 Å². The smallest absolute Gasteiger partial charge is 0.462 e. The molecule has 0 aromatic heterocycles. The molecule has 3 N–H and O–H groups in total. The second kappa shape index (κ2) is 77.8. The predicted octanol–water partition coefficient (Wildman–Crippen LogP) is 26.0. The Hall–Kier alpha value is -1.94. The third-order valence-electron chi connectivity index (χ3n) is 20.0. The number of hydrogen-bond donors (Lipinski definition) is 3. The van der Waals surface area contributed by atoms with E-state index in [1.165, 1.54) is 283 Å². The Balaban J connectivity index is 5.18. The van der Waals surface area contributed by atoms with Crippen LogP contribution in [0, 0.1) is 5.92 Å². The minimum absolute atomic E-state index is 0.109. The van der Waals surface area contributed by atoms with Crippen LogP contribution in [0.25, 0.3) is 0 Å². The van der Waals surface area contributed by atoms with Crippen molar-refractivity contribution in [3.05, 3.63) is 0 Å². The zero-order chi connectivity index (χ0) is 76.2. The first kappa shape index (κ1) is 102. The number of hydrogen-bond acceptors (Lipinski definition) is 15. The number of carbonyl (C=O) groups is 4. The van der Waals surface area contributed by atoms with Crippen LogP contribution >= 0.6 is 15.6 Å². The van der Waals surface area contributed by atoms with Crippen LogP contribution in [0.5, 0.6) is 0 Å². The third kappa shape index (κ3) is 78.2. The van der Waals surface area contributed by atoms with E-state index in [1.807, 2.05) is 0 Å². The van der Waals surface area contributed by atoms with Crippen molar-refractivity contribution in [1.82, 2.24) is 0 Å². The summed E-state index contributed by atoms with van der Waals surface area (Å²) in [5.41, 5.74) is 0. The molecule has 0 radical (unpaired) electrons. The molecule has 0 aliphatic carbocycles. The van der Waals surface area contributed by atoms with E-state index in [-0.39, 0.29) is 25.7 Å². The van der Waals surface area contributed by atoms with Gasteiger partial charge in [-0.25, -0.2) is 9.13 Å². The van der Waals surface area contributed by atoms with Gasteiger partial charge in [-0.3, -0.25) is 37.3 Å². The molecule has 5 atom stereocenters. The Morgan fingerprint density at radius 2 is 0.442 bits per heavy atom. The molecule has 0 saturated carbocycles. The molecular formula is C85H166O17P2. The Kier molecular flexibility index (Phi) is 76.3. The van der Waals surface area contributed by atoms with Gasteiger partial charge < -0.3 is 33.8 Å². The average molecular weight is 1520 g/mol. The van der Waals surface area contributed by atoms with Crippen LogP contribution in [-0.4, -0.2) is 96.7 Å². The molecule has 2 unspecified atom stereocenters. The largest absolute Gasteiger partial charge is 0.472 e. The van der Waals surface area contributed by atoms with Crippen LogP contribution in [-0.2, 0) is 65.4 Å². The van der Waals surface area contributed by atoms with Crippen LogP contribution in [0.1, 0.15) is 458 Å². The zero-order valence-electron chi connectivity index (χ0n) is 68.2. The molecule has 0 aliphatic heterocycles. The maximum atomic E-state index is 13.1. The summed E-state index contributed by atoms with van der Waals surface area (Å²) in [6, 6.07) is 0.